The first-order chi connectivity index (χ1) is 10.9. The molecule has 0 bridgehead atoms. The molecular weight excluding hydrogens is 290 g/mol. The summed E-state index contributed by atoms with van der Waals surface area (Å²) < 4.78 is 1.61. The summed E-state index contributed by atoms with van der Waals surface area (Å²) in [6, 6.07) is 8.23. The molecule has 1 aromatic carbocycles. The molecule has 5 heteroatoms. The molecule has 0 aliphatic heterocycles. The topological polar surface area (TPSA) is 66.9 Å². The molecule has 1 aromatic heterocycles. The van der Waals surface area contributed by atoms with Gasteiger partial charge in [-0.15, -0.1) is 0 Å². The number of aromatic amines is 1. The lowest BCUT2D eigenvalue weighted by atomic mass is 10.0. The first kappa shape index (κ1) is 17.1. The van der Waals surface area contributed by atoms with Crippen molar-refractivity contribution in [3.8, 4) is 0 Å². The van der Waals surface area contributed by atoms with Crippen molar-refractivity contribution in [2.24, 2.45) is 0 Å². The molecule has 5 nitrogen and oxygen atoms in total. The number of nitrogens with zero attached hydrogens (tertiary/aromatic N) is 1. The van der Waals surface area contributed by atoms with Gasteiger partial charge in [0.1, 0.15) is 0 Å². The van der Waals surface area contributed by atoms with E-state index >= 15 is 0 Å². The molecule has 1 unspecified atom stereocenters. The largest absolute Gasteiger partial charge is 0.350 e. The molecular formula is C18H25N3O2. The monoisotopic (exact) mass is 315 g/mol. The van der Waals surface area contributed by atoms with Crippen molar-refractivity contribution >= 4 is 5.91 Å². The minimum atomic E-state index is -0.156. The lowest BCUT2D eigenvalue weighted by Gasteiger charge is -2.15. The Labute approximate surface area is 136 Å². The van der Waals surface area contributed by atoms with Gasteiger partial charge in [-0.05, 0) is 38.3 Å². The van der Waals surface area contributed by atoms with Crippen LogP contribution in [0.25, 0.3) is 0 Å². The van der Waals surface area contributed by atoms with Crippen molar-refractivity contribution in [2.75, 3.05) is 0 Å². The van der Waals surface area contributed by atoms with E-state index in [1.807, 2.05) is 32.9 Å². The smallest absolute Gasteiger partial charge is 0.325 e. The number of H-pyrrole nitrogens is 1. The molecule has 2 aromatic rings. The van der Waals surface area contributed by atoms with Gasteiger partial charge >= 0.3 is 5.69 Å². The minimum absolute atomic E-state index is 0.0424. The fourth-order valence-electron chi connectivity index (χ4n) is 2.59. The molecule has 23 heavy (non-hydrogen) atoms. The van der Waals surface area contributed by atoms with E-state index in [0.717, 1.165) is 23.4 Å². The molecule has 0 aliphatic rings. The average molecular weight is 315 g/mol. The van der Waals surface area contributed by atoms with Gasteiger partial charge in [0.05, 0.1) is 6.04 Å². The number of amides is 1. The molecule has 0 spiro atoms. The number of aromatic nitrogens is 2. The van der Waals surface area contributed by atoms with Gasteiger partial charge < -0.3 is 10.3 Å². The predicted molar refractivity (Wildman–Crippen MR) is 91.5 cm³/mol. The van der Waals surface area contributed by atoms with Gasteiger partial charge in [0.25, 0.3) is 0 Å². The predicted octanol–water partition coefficient (Wildman–Crippen LogP) is 2.62. The standard InChI is InChI=1S/C18H25N3O2/c1-5-15-6-8-16(9-7-15)13(3)19-17(22)10-11-21-14(4)12(2)20-18(21)23/h6-9,13H,5,10-11H2,1-4H3,(H,19,22)(H,20,23). The highest BCUT2D eigenvalue weighted by Gasteiger charge is 2.12. The molecule has 0 fully saturated rings. The van der Waals surface area contributed by atoms with Crippen molar-refractivity contribution in [2.45, 2.75) is 53.1 Å². The van der Waals surface area contributed by atoms with Crippen molar-refractivity contribution in [1.29, 1.82) is 0 Å². The van der Waals surface area contributed by atoms with Gasteiger partial charge in [0.2, 0.25) is 5.91 Å². The number of hydrogen-bond donors (Lipinski definition) is 2. The zero-order valence-electron chi connectivity index (χ0n) is 14.3. The summed E-state index contributed by atoms with van der Waals surface area (Å²) in [6.45, 7) is 8.21. The Balaban J connectivity index is 1.92. The van der Waals surface area contributed by atoms with Gasteiger partial charge in [0, 0.05) is 24.4 Å². The van der Waals surface area contributed by atoms with Crippen molar-refractivity contribution in [1.82, 2.24) is 14.9 Å². The van der Waals surface area contributed by atoms with Gasteiger partial charge in [0.15, 0.2) is 0 Å². The Morgan fingerprint density at radius 3 is 2.43 bits per heavy atom. The van der Waals surface area contributed by atoms with Crippen LogP contribution in [0.2, 0.25) is 0 Å². The van der Waals surface area contributed by atoms with Crippen LogP contribution in [0, 0.1) is 13.8 Å². The fourth-order valence-corrected chi connectivity index (χ4v) is 2.59. The summed E-state index contributed by atoms with van der Waals surface area (Å²) in [6.07, 6.45) is 1.29. The third-order valence-electron chi connectivity index (χ3n) is 4.32. The van der Waals surface area contributed by atoms with E-state index in [0.29, 0.717) is 6.54 Å². The van der Waals surface area contributed by atoms with Crippen LogP contribution in [0.3, 0.4) is 0 Å². The molecule has 2 N–H and O–H groups in total. The molecule has 1 atom stereocenters. The third-order valence-corrected chi connectivity index (χ3v) is 4.32. The van der Waals surface area contributed by atoms with Gasteiger partial charge in [-0.25, -0.2) is 4.79 Å². The second kappa shape index (κ2) is 7.31. The van der Waals surface area contributed by atoms with Gasteiger partial charge in [-0.2, -0.15) is 0 Å². The zero-order valence-corrected chi connectivity index (χ0v) is 14.3. The second-order valence-corrected chi connectivity index (χ2v) is 5.93. The van der Waals surface area contributed by atoms with Crippen LogP contribution in [-0.2, 0) is 17.8 Å². The zero-order chi connectivity index (χ0) is 17.0. The second-order valence-electron chi connectivity index (χ2n) is 5.93. The minimum Gasteiger partial charge on any atom is -0.350 e. The summed E-state index contributed by atoms with van der Waals surface area (Å²) in [5, 5.41) is 2.99. The van der Waals surface area contributed by atoms with Crippen LogP contribution in [0.1, 0.15) is 48.8 Å². The highest BCUT2D eigenvalue weighted by Crippen LogP contribution is 2.14. The summed E-state index contributed by atoms with van der Waals surface area (Å²) >= 11 is 0. The van der Waals surface area contributed by atoms with Crippen molar-refractivity contribution in [3.63, 3.8) is 0 Å². The summed E-state index contributed by atoms with van der Waals surface area (Å²) in [4.78, 5) is 26.6. The van der Waals surface area contributed by atoms with Crippen LogP contribution in [0.15, 0.2) is 29.1 Å². The number of hydrogen-bond acceptors (Lipinski definition) is 2. The van der Waals surface area contributed by atoms with Gasteiger partial charge in [-0.3, -0.25) is 9.36 Å². The Morgan fingerprint density at radius 2 is 1.91 bits per heavy atom. The average Bonchev–Trinajstić information content (AvgIpc) is 2.78. The maximum Gasteiger partial charge on any atom is 0.325 e. The highest BCUT2D eigenvalue weighted by atomic mass is 16.2. The Bertz CT molecular complexity index is 726. The van der Waals surface area contributed by atoms with E-state index in [1.165, 1.54) is 5.56 Å². The van der Waals surface area contributed by atoms with Crippen LogP contribution >= 0.6 is 0 Å². The summed E-state index contributed by atoms with van der Waals surface area (Å²) in [5.74, 6) is -0.0535. The molecule has 0 saturated heterocycles. The lowest BCUT2D eigenvalue weighted by Crippen LogP contribution is -2.29. The summed E-state index contributed by atoms with van der Waals surface area (Å²) in [5.41, 5.74) is 3.94. The Morgan fingerprint density at radius 1 is 1.26 bits per heavy atom. The maximum absolute atomic E-state index is 12.1. The molecule has 1 amide bonds. The maximum atomic E-state index is 12.1. The number of rotatable bonds is 6. The van der Waals surface area contributed by atoms with Crippen LogP contribution in [0.5, 0.6) is 0 Å². The van der Waals surface area contributed by atoms with Gasteiger partial charge in [-0.1, -0.05) is 31.2 Å². The third kappa shape index (κ3) is 4.12. The summed E-state index contributed by atoms with van der Waals surface area (Å²) in [7, 11) is 0. The molecule has 124 valence electrons. The van der Waals surface area contributed by atoms with Crippen LogP contribution in [-0.4, -0.2) is 15.5 Å². The SMILES string of the molecule is CCc1ccc(C(C)NC(=O)CCn2c(C)c(C)[nH]c2=O)cc1. The number of carbonyl (C=O) groups is 1. The van der Waals surface area contributed by atoms with E-state index in [1.54, 1.807) is 4.57 Å². The number of carbonyl (C=O) groups excluding carboxylic acids is 1. The molecule has 0 aliphatic carbocycles. The van der Waals surface area contributed by atoms with E-state index in [2.05, 4.69) is 29.4 Å². The molecule has 0 saturated carbocycles. The van der Waals surface area contributed by atoms with E-state index < -0.39 is 0 Å². The molecule has 1 heterocycles. The van der Waals surface area contributed by atoms with Crippen molar-refractivity contribution < 1.29 is 4.79 Å². The van der Waals surface area contributed by atoms with Crippen molar-refractivity contribution in [3.05, 3.63) is 57.3 Å². The van der Waals surface area contributed by atoms with Crippen LogP contribution < -0.4 is 11.0 Å². The van der Waals surface area contributed by atoms with E-state index in [9.17, 15) is 9.59 Å². The normalized spacial score (nSPS) is 12.2. The fraction of sp³-hybridized carbons (Fsp3) is 0.444. The number of aryl methyl sites for hydroxylation is 2. The first-order valence-corrected chi connectivity index (χ1v) is 8.06. The first-order valence-electron chi connectivity index (χ1n) is 8.06. The van der Waals surface area contributed by atoms with Crippen LogP contribution in [0.4, 0.5) is 0 Å². The number of benzene rings is 1. The Hall–Kier alpha value is -2.30. The quantitative estimate of drug-likeness (QED) is 0.860. The molecule has 2 rings (SSSR count). The van der Waals surface area contributed by atoms with E-state index in [4.69, 9.17) is 0 Å². The lowest BCUT2D eigenvalue weighted by molar-refractivity contribution is -0.121. The highest BCUT2D eigenvalue weighted by molar-refractivity contribution is 5.76. The van der Waals surface area contributed by atoms with E-state index in [-0.39, 0.29) is 24.1 Å². The molecule has 0 radical (unpaired) electrons. The number of nitrogens with one attached hydrogen (secondary N) is 2. The number of imidazole rings is 1. The Kier molecular flexibility index (Phi) is 5.42.